The quantitative estimate of drug-likeness (QED) is 0.682. The first-order valence-electron chi connectivity index (χ1n) is 6.51. The third-order valence-electron chi connectivity index (χ3n) is 4.05. The average Bonchev–Trinajstić information content (AvgIpc) is 2.81. The van der Waals surface area contributed by atoms with E-state index < -0.39 is 0 Å². The largest absolute Gasteiger partial charge is 0.207 e. The lowest BCUT2D eigenvalue weighted by molar-refractivity contribution is 0.368. The topological polar surface area (TPSA) is 0 Å². The molecule has 1 aromatic rings. The van der Waals surface area contributed by atoms with Crippen LogP contribution in [0.25, 0.3) is 0 Å². The van der Waals surface area contributed by atoms with E-state index in [0.717, 1.165) is 23.8 Å². The van der Waals surface area contributed by atoms with Crippen LogP contribution in [0.15, 0.2) is 18.2 Å². The van der Waals surface area contributed by atoms with E-state index in [-0.39, 0.29) is 5.82 Å². The lowest BCUT2D eigenvalue weighted by Crippen LogP contribution is -2.17. The van der Waals surface area contributed by atoms with Crippen LogP contribution in [0, 0.1) is 24.6 Å². The van der Waals surface area contributed by atoms with Gasteiger partial charge in [-0.3, -0.25) is 0 Å². The molecule has 1 saturated carbocycles. The van der Waals surface area contributed by atoms with E-state index in [0.29, 0.717) is 5.92 Å². The van der Waals surface area contributed by atoms with Crippen LogP contribution >= 0.6 is 11.6 Å². The zero-order valence-electron chi connectivity index (χ0n) is 10.4. The van der Waals surface area contributed by atoms with Gasteiger partial charge in [0.15, 0.2) is 0 Å². The molecule has 2 heteroatoms. The minimum absolute atomic E-state index is 0.144. The van der Waals surface area contributed by atoms with Crippen molar-refractivity contribution in [3.63, 3.8) is 0 Å². The summed E-state index contributed by atoms with van der Waals surface area (Å²) < 4.78 is 13.0. The van der Waals surface area contributed by atoms with Gasteiger partial charge in [0.1, 0.15) is 5.82 Å². The normalized spacial score (nSPS) is 18.5. The Balaban J connectivity index is 2.06. The summed E-state index contributed by atoms with van der Waals surface area (Å²) in [4.78, 5) is 0. The van der Waals surface area contributed by atoms with Gasteiger partial charge in [0.05, 0.1) is 0 Å². The molecule has 0 aliphatic heterocycles. The molecule has 0 aromatic heterocycles. The third-order valence-corrected chi connectivity index (χ3v) is 4.45. The third kappa shape index (κ3) is 3.22. The van der Waals surface area contributed by atoms with Gasteiger partial charge in [-0.15, -0.1) is 11.6 Å². The number of halogens is 2. The summed E-state index contributed by atoms with van der Waals surface area (Å²) in [7, 11) is 0. The van der Waals surface area contributed by atoms with Crippen LogP contribution in [-0.2, 0) is 6.42 Å². The summed E-state index contributed by atoms with van der Waals surface area (Å²) in [5.41, 5.74) is 2.31. The molecule has 1 fully saturated rings. The zero-order chi connectivity index (χ0) is 12.3. The molecule has 1 unspecified atom stereocenters. The molecule has 1 aliphatic rings. The second-order valence-corrected chi connectivity index (χ2v) is 5.54. The molecule has 0 saturated heterocycles. The van der Waals surface area contributed by atoms with Gasteiger partial charge in [0, 0.05) is 5.88 Å². The summed E-state index contributed by atoms with van der Waals surface area (Å²) in [5, 5.41) is 0. The Labute approximate surface area is 108 Å². The Hall–Kier alpha value is -0.560. The highest BCUT2D eigenvalue weighted by molar-refractivity contribution is 6.18. The molecule has 0 nitrogen and oxygen atoms in total. The van der Waals surface area contributed by atoms with E-state index in [4.69, 9.17) is 11.6 Å². The molecule has 0 bridgehead atoms. The van der Waals surface area contributed by atoms with Gasteiger partial charge >= 0.3 is 0 Å². The Morgan fingerprint density at radius 1 is 1.35 bits per heavy atom. The Morgan fingerprint density at radius 3 is 2.65 bits per heavy atom. The average molecular weight is 255 g/mol. The molecule has 0 amide bonds. The van der Waals surface area contributed by atoms with Crippen molar-refractivity contribution in [1.29, 1.82) is 0 Å². The van der Waals surface area contributed by atoms with Crippen molar-refractivity contribution in [3.8, 4) is 0 Å². The van der Waals surface area contributed by atoms with Crippen molar-refractivity contribution in [2.45, 2.75) is 39.0 Å². The van der Waals surface area contributed by atoms with Gasteiger partial charge in [-0.1, -0.05) is 31.7 Å². The lowest BCUT2D eigenvalue weighted by Gasteiger charge is -2.21. The van der Waals surface area contributed by atoms with E-state index >= 15 is 0 Å². The highest BCUT2D eigenvalue weighted by Gasteiger charge is 2.24. The van der Waals surface area contributed by atoms with Crippen LogP contribution in [0.2, 0.25) is 0 Å². The predicted octanol–water partition coefficient (Wildman–Crippen LogP) is 4.72. The van der Waals surface area contributed by atoms with Crippen molar-refractivity contribution >= 4 is 11.6 Å². The van der Waals surface area contributed by atoms with Crippen LogP contribution in [0.4, 0.5) is 4.39 Å². The molecule has 0 N–H and O–H groups in total. The van der Waals surface area contributed by atoms with E-state index in [1.165, 1.54) is 31.2 Å². The Kier molecular flexibility index (Phi) is 4.44. The van der Waals surface area contributed by atoms with Crippen LogP contribution in [0.3, 0.4) is 0 Å². The van der Waals surface area contributed by atoms with Gasteiger partial charge in [-0.05, 0) is 48.4 Å². The minimum Gasteiger partial charge on any atom is -0.207 e. The minimum atomic E-state index is -0.144. The van der Waals surface area contributed by atoms with Crippen LogP contribution < -0.4 is 0 Å². The van der Waals surface area contributed by atoms with Crippen molar-refractivity contribution in [2.75, 3.05) is 5.88 Å². The monoisotopic (exact) mass is 254 g/mol. The summed E-state index contributed by atoms with van der Waals surface area (Å²) in [6, 6.07) is 5.09. The second kappa shape index (κ2) is 5.86. The maximum atomic E-state index is 13.0. The van der Waals surface area contributed by atoms with E-state index in [2.05, 4.69) is 0 Å². The molecule has 1 aliphatic carbocycles. The molecule has 94 valence electrons. The highest BCUT2D eigenvalue weighted by Crippen LogP contribution is 2.34. The summed E-state index contributed by atoms with van der Waals surface area (Å²) in [6.45, 7) is 1.98. The van der Waals surface area contributed by atoms with E-state index in [1.807, 2.05) is 13.0 Å². The number of benzene rings is 1. The van der Waals surface area contributed by atoms with Gasteiger partial charge in [0.2, 0.25) is 0 Å². The smallest absolute Gasteiger partial charge is 0.123 e. The first-order valence-corrected chi connectivity index (χ1v) is 7.05. The van der Waals surface area contributed by atoms with Crippen LogP contribution in [-0.4, -0.2) is 5.88 Å². The summed E-state index contributed by atoms with van der Waals surface area (Å²) >= 11 is 6.11. The van der Waals surface area contributed by atoms with Gasteiger partial charge in [0.25, 0.3) is 0 Å². The molecule has 1 atom stereocenters. The first kappa shape index (κ1) is 12.9. The number of alkyl halides is 1. The highest BCUT2D eigenvalue weighted by atomic mass is 35.5. The second-order valence-electron chi connectivity index (χ2n) is 5.23. The van der Waals surface area contributed by atoms with Crippen LogP contribution in [0.1, 0.15) is 36.8 Å². The molecule has 0 spiro atoms. The van der Waals surface area contributed by atoms with Gasteiger partial charge in [-0.2, -0.15) is 0 Å². The molecule has 2 rings (SSSR count). The fourth-order valence-corrected chi connectivity index (χ4v) is 3.31. The molecular weight excluding hydrogens is 235 g/mol. The fourth-order valence-electron chi connectivity index (χ4n) is 2.95. The predicted molar refractivity (Wildman–Crippen MR) is 71.0 cm³/mol. The molecule has 0 heterocycles. The number of rotatable bonds is 4. The maximum Gasteiger partial charge on any atom is 0.123 e. The summed E-state index contributed by atoms with van der Waals surface area (Å²) in [6.07, 6.45) is 6.33. The van der Waals surface area contributed by atoms with Crippen molar-refractivity contribution in [2.24, 2.45) is 11.8 Å². The molecular formula is C15H20ClF. The first-order chi connectivity index (χ1) is 8.20. The van der Waals surface area contributed by atoms with Gasteiger partial charge < -0.3 is 0 Å². The SMILES string of the molecule is Cc1cc(F)ccc1CC(CCl)C1CCCC1. The van der Waals surface area contributed by atoms with Crippen molar-refractivity contribution in [1.82, 2.24) is 0 Å². The summed E-state index contributed by atoms with van der Waals surface area (Å²) in [5.74, 6) is 1.91. The number of aryl methyl sites for hydroxylation is 1. The fraction of sp³-hybridized carbons (Fsp3) is 0.600. The molecule has 1 aromatic carbocycles. The number of hydrogen-bond donors (Lipinski definition) is 0. The van der Waals surface area contributed by atoms with E-state index in [9.17, 15) is 4.39 Å². The Morgan fingerprint density at radius 2 is 2.06 bits per heavy atom. The molecule has 0 radical (unpaired) electrons. The number of hydrogen-bond acceptors (Lipinski definition) is 0. The zero-order valence-corrected chi connectivity index (χ0v) is 11.1. The van der Waals surface area contributed by atoms with Gasteiger partial charge in [-0.25, -0.2) is 4.39 Å². The van der Waals surface area contributed by atoms with Crippen molar-refractivity contribution in [3.05, 3.63) is 35.1 Å². The lowest BCUT2D eigenvalue weighted by atomic mass is 9.86. The van der Waals surface area contributed by atoms with E-state index in [1.54, 1.807) is 12.1 Å². The standard InChI is InChI=1S/C15H20ClF/c1-11-8-15(17)7-6-13(11)9-14(10-16)12-4-2-3-5-12/h6-8,12,14H,2-5,9-10H2,1H3. The van der Waals surface area contributed by atoms with Crippen molar-refractivity contribution < 1.29 is 4.39 Å². The van der Waals surface area contributed by atoms with Crippen LogP contribution in [0.5, 0.6) is 0 Å². The Bertz CT molecular complexity index is 369. The maximum absolute atomic E-state index is 13.0. The molecule has 17 heavy (non-hydrogen) atoms.